The summed E-state index contributed by atoms with van der Waals surface area (Å²) in [5.41, 5.74) is 6.28. The molecule has 1 heterocycles. The van der Waals surface area contributed by atoms with Crippen molar-refractivity contribution in [3.63, 3.8) is 0 Å². The maximum absolute atomic E-state index is 5.70. The van der Waals surface area contributed by atoms with Crippen molar-refractivity contribution in [1.29, 1.82) is 0 Å². The zero-order valence-corrected chi connectivity index (χ0v) is 8.80. The average molecular weight is 240 g/mol. The molecule has 13 heavy (non-hydrogen) atoms. The Kier molecular flexibility index (Phi) is 3.15. The van der Waals surface area contributed by atoms with Gasteiger partial charge in [0.15, 0.2) is 0 Å². The Morgan fingerprint density at radius 1 is 1.77 bits per heavy atom. The van der Waals surface area contributed by atoms with Gasteiger partial charge in [0.25, 0.3) is 0 Å². The molecule has 4 heteroatoms. The highest BCUT2D eigenvalue weighted by molar-refractivity contribution is 9.10. The average Bonchev–Trinajstić information content (AvgIpc) is 2.09. The third-order valence-electron chi connectivity index (χ3n) is 1.49. The van der Waals surface area contributed by atoms with Crippen LogP contribution in [0.3, 0.4) is 0 Å². The van der Waals surface area contributed by atoms with E-state index in [0.717, 1.165) is 4.47 Å². The van der Waals surface area contributed by atoms with Crippen LogP contribution in [0.2, 0.25) is 0 Å². The molecule has 1 atom stereocenters. The molecule has 1 rings (SSSR count). The largest absolute Gasteiger partial charge is 0.396 e. The van der Waals surface area contributed by atoms with Gasteiger partial charge in [-0.15, -0.1) is 6.42 Å². The van der Waals surface area contributed by atoms with Gasteiger partial charge in [-0.1, -0.05) is 5.92 Å². The zero-order valence-electron chi connectivity index (χ0n) is 7.21. The fourth-order valence-electron chi connectivity index (χ4n) is 0.822. The molecule has 0 saturated heterocycles. The van der Waals surface area contributed by atoms with Crippen molar-refractivity contribution >= 4 is 27.4 Å². The van der Waals surface area contributed by atoms with Crippen LogP contribution in [0, 0.1) is 12.3 Å². The van der Waals surface area contributed by atoms with E-state index in [2.05, 4.69) is 32.2 Å². The summed E-state index contributed by atoms with van der Waals surface area (Å²) in [7, 11) is 0. The van der Waals surface area contributed by atoms with Crippen LogP contribution in [0.4, 0.5) is 11.5 Å². The van der Waals surface area contributed by atoms with E-state index in [1.165, 1.54) is 0 Å². The molecule has 0 amide bonds. The molecule has 1 aromatic rings. The van der Waals surface area contributed by atoms with E-state index in [1.807, 2.05) is 6.92 Å². The Bertz CT molecular complexity index is 343. The molecule has 0 aliphatic heterocycles. The monoisotopic (exact) mass is 239 g/mol. The fourth-order valence-corrected chi connectivity index (χ4v) is 1.17. The van der Waals surface area contributed by atoms with Gasteiger partial charge in [-0.2, -0.15) is 0 Å². The highest BCUT2D eigenvalue weighted by Gasteiger charge is 2.03. The molecule has 3 N–H and O–H groups in total. The SMILES string of the molecule is C#CC(C)Nc1ncc(Br)cc1N. The number of aromatic nitrogens is 1. The summed E-state index contributed by atoms with van der Waals surface area (Å²) in [5, 5.41) is 2.99. The Balaban J connectivity index is 2.85. The first-order valence-corrected chi connectivity index (χ1v) is 4.56. The molecule has 1 aromatic heterocycles. The number of hydrogen-bond acceptors (Lipinski definition) is 3. The van der Waals surface area contributed by atoms with Gasteiger partial charge in [0.05, 0.1) is 11.7 Å². The third-order valence-corrected chi connectivity index (χ3v) is 1.92. The molecule has 0 aliphatic carbocycles. The van der Waals surface area contributed by atoms with Crippen LogP contribution < -0.4 is 11.1 Å². The Labute approximate surface area is 85.9 Å². The lowest BCUT2D eigenvalue weighted by atomic mass is 10.3. The molecular formula is C9H10BrN3. The summed E-state index contributed by atoms with van der Waals surface area (Å²) in [4.78, 5) is 4.09. The number of pyridine rings is 1. The minimum atomic E-state index is -0.0732. The van der Waals surface area contributed by atoms with Crippen LogP contribution in [0.1, 0.15) is 6.92 Å². The molecule has 0 aromatic carbocycles. The standard InChI is InChI=1S/C9H10BrN3/c1-3-6(2)13-9-8(11)4-7(10)5-12-9/h1,4-6H,11H2,2H3,(H,12,13). The molecule has 0 aliphatic rings. The quantitative estimate of drug-likeness (QED) is 0.775. The van der Waals surface area contributed by atoms with Gasteiger partial charge < -0.3 is 11.1 Å². The van der Waals surface area contributed by atoms with Crippen LogP contribution in [-0.4, -0.2) is 11.0 Å². The number of nitrogens with one attached hydrogen (secondary N) is 1. The highest BCUT2D eigenvalue weighted by atomic mass is 79.9. The second kappa shape index (κ2) is 4.15. The first-order valence-electron chi connectivity index (χ1n) is 3.77. The molecule has 68 valence electrons. The summed E-state index contributed by atoms with van der Waals surface area (Å²) >= 11 is 3.27. The minimum absolute atomic E-state index is 0.0732. The van der Waals surface area contributed by atoms with Gasteiger partial charge >= 0.3 is 0 Å². The van der Waals surface area contributed by atoms with Crippen LogP contribution >= 0.6 is 15.9 Å². The molecule has 1 unspecified atom stereocenters. The maximum Gasteiger partial charge on any atom is 0.150 e. The van der Waals surface area contributed by atoms with E-state index in [0.29, 0.717) is 11.5 Å². The Morgan fingerprint density at radius 3 is 3.00 bits per heavy atom. The Morgan fingerprint density at radius 2 is 2.46 bits per heavy atom. The van der Waals surface area contributed by atoms with Crippen molar-refractivity contribution in [3.05, 3.63) is 16.7 Å². The molecule has 0 bridgehead atoms. The van der Waals surface area contributed by atoms with Gasteiger partial charge in [-0.05, 0) is 28.9 Å². The lowest BCUT2D eigenvalue weighted by molar-refractivity contribution is 1.01. The number of nitrogens with zero attached hydrogens (tertiary/aromatic N) is 1. The normalized spacial score (nSPS) is 11.8. The van der Waals surface area contributed by atoms with Crippen molar-refractivity contribution in [3.8, 4) is 12.3 Å². The summed E-state index contributed by atoms with van der Waals surface area (Å²) in [5.74, 6) is 3.16. The lowest BCUT2D eigenvalue weighted by Crippen LogP contribution is -2.14. The highest BCUT2D eigenvalue weighted by Crippen LogP contribution is 2.20. The van der Waals surface area contributed by atoms with E-state index in [4.69, 9.17) is 12.2 Å². The molecular weight excluding hydrogens is 230 g/mol. The van der Waals surface area contributed by atoms with Crippen LogP contribution in [0.5, 0.6) is 0 Å². The molecule has 0 saturated carbocycles. The number of nitrogens with two attached hydrogens (primary N) is 1. The molecule has 0 spiro atoms. The zero-order chi connectivity index (χ0) is 9.84. The Hall–Kier alpha value is -1.21. The maximum atomic E-state index is 5.70. The summed E-state index contributed by atoms with van der Waals surface area (Å²) in [6.07, 6.45) is 6.88. The van der Waals surface area contributed by atoms with Crippen LogP contribution in [-0.2, 0) is 0 Å². The van der Waals surface area contributed by atoms with Crippen molar-refractivity contribution < 1.29 is 0 Å². The van der Waals surface area contributed by atoms with E-state index in [1.54, 1.807) is 12.3 Å². The first kappa shape index (κ1) is 9.87. The van der Waals surface area contributed by atoms with Gasteiger partial charge in [0, 0.05) is 10.7 Å². The van der Waals surface area contributed by atoms with Gasteiger partial charge in [-0.25, -0.2) is 4.98 Å². The van der Waals surface area contributed by atoms with E-state index >= 15 is 0 Å². The smallest absolute Gasteiger partial charge is 0.150 e. The number of nitrogen functional groups attached to an aromatic ring is 1. The summed E-state index contributed by atoms with van der Waals surface area (Å²) < 4.78 is 0.851. The van der Waals surface area contributed by atoms with Crippen LogP contribution in [0.25, 0.3) is 0 Å². The number of hydrogen-bond donors (Lipinski definition) is 2. The van der Waals surface area contributed by atoms with Crippen molar-refractivity contribution in [2.24, 2.45) is 0 Å². The first-order chi connectivity index (χ1) is 6.13. The predicted molar refractivity (Wildman–Crippen MR) is 58.3 cm³/mol. The number of terminal acetylenes is 1. The summed E-state index contributed by atoms with van der Waals surface area (Å²) in [6, 6.07) is 1.70. The minimum Gasteiger partial charge on any atom is -0.396 e. The topological polar surface area (TPSA) is 50.9 Å². The number of rotatable bonds is 2. The second-order valence-electron chi connectivity index (χ2n) is 2.62. The number of halogens is 1. The van der Waals surface area contributed by atoms with E-state index in [-0.39, 0.29) is 6.04 Å². The fraction of sp³-hybridized carbons (Fsp3) is 0.222. The van der Waals surface area contributed by atoms with Crippen molar-refractivity contribution in [2.75, 3.05) is 11.1 Å². The molecule has 0 fully saturated rings. The second-order valence-corrected chi connectivity index (χ2v) is 3.54. The van der Waals surface area contributed by atoms with Crippen molar-refractivity contribution in [2.45, 2.75) is 13.0 Å². The lowest BCUT2D eigenvalue weighted by Gasteiger charge is -2.10. The number of anilines is 2. The predicted octanol–water partition coefficient (Wildman–Crippen LogP) is 1.86. The van der Waals surface area contributed by atoms with E-state index in [9.17, 15) is 0 Å². The van der Waals surface area contributed by atoms with Gasteiger partial charge in [0.1, 0.15) is 5.82 Å². The van der Waals surface area contributed by atoms with Crippen LogP contribution in [0.15, 0.2) is 16.7 Å². The van der Waals surface area contributed by atoms with E-state index < -0.39 is 0 Å². The third kappa shape index (κ3) is 2.63. The van der Waals surface area contributed by atoms with Gasteiger partial charge in [0.2, 0.25) is 0 Å². The molecule has 3 nitrogen and oxygen atoms in total. The van der Waals surface area contributed by atoms with Crippen molar-refractivity contribution in [1.82, 2.24) is 4.98 Å². The molecule has 0 radical (unpaired) electrons. The van der Waals surface area contributed by atoms with Gasteiger partial charge in [-0.3, -0.25) is 0 Å². The summed E-state index contributed by atoms with van der Waals surface area (Å²) in [6.45, 7) is 1.86.